The molecule has 0 unspecified atom stereocenters. The molecule has 4 saturated heterocycles. The minimum Gasteiger partial charge on any atom is -0.450 e. The molecule has 1 amide bonds. The number of amides is 1. The number of nitrogens with zero attached hydrogens (tertiary/aromatic N) is 8. The molecule has 38 heteroatoms. The highest BCUT2D eigenvalue weighted by molar-refractivity contribution is 7.90. The lowest BCUT2D eigenvalue weighted by Crippen LogP contribution is -2.50. The van der Waals surface area contributed by atoms with E-state index in [0.717, 1.165) is 108 Å². The van der Waals surface area contributed by atoms with Crippen molar-refractivity contribution in [3.8, 4) is 0 Å². The summed E-state index contributed by atoms with van der Waals surface area (Å²) >= 11 is 0. The third-order valence-corrected chi connectivity index (χ3v) is 29.2. The van der Waals surface area contributed by atoms with Gasteiger partial charge in [-0.2, -0.15) is 26.1 Å². The average molecular weight is 1690 g/mol. The molecule has 8 N–H and O–H groups in total. The molecule has 0 bridgehead atoms. The Balaban J connectivity index is 0.000000134. The van der Waals surface area contributed by atoms with Crippen molar-refractivity contribution in [1.82, 2.24) is 37.4 Å². The van der Waals surface area contributed by atoms with Crippen LogP contribution in [-0.2, 0) is 53.8 Å². The van der Waals surface area contributed by atoms with Crippen molar-refractivity contribution in [3.05, 3.63) is 186 Å². The molecule has 115 heavy (non-hydrogen) atoms. The molecule has 0 saturated carbocycles. The van der Waals surface area contributed by atoms with Crippen molar-refractivity contribution in [2.24, 2.45) is 22.9 Å². The summed E-state index contributed by atoms with van der Waals surface area (Å²) in [5.74, 6) is -4.15. The Hall–Kier alpha value is -6.41. The second kappa shape index (κ2) is 35.1. The summed E-state index contributed by atoms with van der Waals surface area (Å²) in [5.41, 5.74) is 28.6. The van der Waals surface area contributed by atoms with Crippen LogP contribution in [0.15, 0.2) is 117 Å². The van der Waals surface area contributed by atoms with E-state index in [4.69, 9.17) is 46.6 Å². The SMILES string of the molecule is CC(C)S(=O)(=O)N1CC2=C(CN([C@H]3CO[C@H](c4cc(F)ccc4F)[C@@H](N)C3)C2)C1.CCOC(=O)N1CC2=C(C1)CN([C@H]1CO[C@H](c3cc(F)ccc3F)[C@@H](N)C1)C2.CCS(=O)(=O)N1CC2=C(CN([C@H]3CO[C@H](c4cc(F)ccc4F)[C@@H](N)C3)C2)C1.N[C@H]1C[C@@H](N2CC3=C(C2)CN(S(=O)(=O)C(F)(F)F)C3)CO[C@@H]1c1cc(F)ccc1F. The van der Waals surface area contributed by atoms with Gasteiger partial charge in [0.05, 0.1) is 44.0 Å². The van der Waals surface area contributed by atoms with Crippen LogP contribution in [0.3, 0.4) is 0 Å². The molecule has 16 rings (SSSR count). The first kappa shape index (κ1) is 86.4. The molecular weight excluding hydrogens is 1590 g/mol. The number of rotatable bonds is 14. The summed E-state index contributed by atoms with van der Waals surface area (Å²) in [4.78, 5) is 22.4. The van der Waals surface area contributed by atoms with E-state index in [1.165, 1.54) is 11.1 Å². The van der Waals surface area contributed by atoms with Gasteiger partial charge in [0.15, 0.2) is 0 Å². The zero-order valence-electron chi connectivity index (χ0n) is 64.0. The second-order valence-electron chi connectivity index (χ2n) is 31.6. The van der Waals surface area contributed by atoms with Crippen LogP contribution < -0.4 is 22.9 Å². The van der Waals surface area contributed by atoms with Gasteiger partial charge in [0.1, 0.15) is 71.0 Å². The van der Waals surface area contributed by atoms with Gasteiger partial charge in [0.2, 0.25) is 20.0 Å². The monoisotopic (exact) mass is 1690 g/mol. The van der Waals surface area contributed by atoms with E-state index >= 15 is 0 Å². The fraction of sp³-hybridized carbons (Fsp3) is 0.571. The lowest BCUT2D eigenvalue weighted by Gasteiger charge is -2.39. The van der Waals surface area contributed by atoms with Gasteiger partial charge in [-0.25, -0.2) is 65.2 Å². The van der Waals surface area contributed by atoms with E-state index in [0.29, 0.717) is 146 Å². The number of benzene rings is 4. The van der Waals surface area contributed by atoms with Gasteiger partial charge in [-0.15, -0.1) is 0 Å². The topological polar surface area (TPSA) is 296 Å². The first-order valence-electron chi connectivity index (χ1n) is 38.4. The Morgan fingerprint density at radius 1 is 0.417 bits per heavy atom. The van der Waals surface area contributed by atoms with E-state index in [9.17, 15) is 78.3 Å². The average Bonchev–Trinajstić information content (AvgIpc) is 1.64. The lowest BCUT2D eigenvalue weighted by atomic mass is 9.93. The number of ether oxygens (including phenoxy) is 5. The molecule has 24 nitrogen and oxygen atoms in total. The number of carbonyl (C=O) groups excluding carboxylic acids is 1. The zero-order chi connectivity index (χ0) is 82.7. The normalized spacial score (nSPS) is 28.9. The van der Waals surface area contributed by atoms with Crippen LogP contribution in [0.2, 0.25) is 0 Å². The number of nitrogens with two attached hydrogens (primary N) is 4. The molecule has 0 spiro atoms. The maximum atomic E-state index is 14.1. The molecule has 4 aromatic carbocycles. The number of sulfonamides is 3. The van der Waals surface area contributed by atoms with Crippen molar-refractivity contribution in [2.75, 3.05) is 144 Å². The highest BCUT2D eigenvalue weighted by atomic mass is 32.2. The predicted molar refractivity (Wildman–Crippen MR) is 402 cm³/mol. The van der Waals surface area contributed by atoms with E-state index < -0.39 is 136 Å². The van der Waals surface area contributed by atoms with Gasteiger partial charge in [0.25, 0.3) is 0 Å². The summed E-state index contributed by atoms with van der Waals surface area (Å²) < 4.78 is 253. The molecular formula is C77H97F11N12O12S3. The Labute approximate surface area is 661 Å². The summed E-state index contributed by atoms with van der Waals surface area (Å²) in [6.07, 6.45) is -0.774. The van der Waals surface area contributed by atoms with Crippen molar-refractivity contribution in [1.29, 1.82) is 0 Å². The van der Waals surface area contributed by atoms with Crippen LogP contribution >= 0.6 is 0 Å². The van der Waals surface area contributed by atoms with Crippen LogP contribution in [0.4, 0.5) is 53.1 Å². The first-order valence-corrected chi connectivity index (χ1v) is 42.9. The van der Waals surface area contributed by atoms with Crippen molar-refractivity contribution in [2.45, 2.75) is 137 Å². The fourth-order valence-electron chi connectivity index (χ4n) is 17.5. The number of hydrogen-bond donors (Lipinski definition) is 4. The maximum Gasteiger partial charge on any atom is 0.511 e. The Morgan fingerprint density at radius 2 is 0.678 bits per heavy atom. The molecule has 12 aliphatic rings. The summed E-state index contributed by atoms with van der Waals surface area (Å²) in [6, 6.07) is 11.3. The minimum absolute atomic E-state index is 0.0518. The molecule has 4 fully saturated rings. The Morgan fingerprint density at radius 3 is 0.922 bits per heavy atom. The summed E-state index contributed by atoms with van der Waals surface area (Å²) in [7, 11) is -11.8. The second-order valence-corrected chi connectivity index (χ2v) is 38.3. The molecule has 12 heterocycles. The Bertz CT molecular complexity index is 4730. The fourth-order valence-corrected chi connectivity index (χ4v) is 20.8. The molecule has 12 aliphatic heterocycles. The van der Waals surface area contributed by atoms with Crippen molar-refractivity contribution >= 4 is 36.2 Å². The largest absolute Gasteiger partial charge is 0.511 e. The summed E-state index contributed by atoms with van der Waals surface area (Å²) in [6.45, 7) is 16.0. The van der Waals surface area contributed by atoms with Crippen LogP contribution in [-0.4, -0.2) is 271 Å². The number of alkyl halides is 3. The van der Waals surface area contributed by atoms with Crippen LogP contribution in [0, 0.1) is 46.5 Å². The van der Waals surface area contributed by atoms with Gasteiger partial charge in [0, 0.05) is 175 Å². The molecule has 0 aromatic heterocycles. The van der Waals surface area contributed by atoms with E-state index in [1.54, 1.807) is 41.2 Å². The lowest BCUT2D eigenvalue weighted by molar-refractivity contribution is -0.0494. The van der Waals surface area contributed by atoms with Crippen LogP contribution in [0.1, 0.15) is 100 Å². The zero-order valence-corrected chi connectivity index (χ0v) is 66.4. The van der Waals surface area contributed by atoms with Crippen LogP contribution in [0.5, 0.6) is 0 Å². The highest BCUT2D eigenvalue weighted by Gasteiger charge is 2.53. The smallest absolute Gasteiger partial charge is 0.450 e. The standard InChI is InChI=1S/C20H27F2N3O3S.C20H25F2N3O3.C19H25F2N3O3S.C18H20F5N3O3S/c1-12(2)29(26,27)25-9-13-7-24(8-14(13)10-25)16-6-19(23)20(28-11-16)17-5-15(21)3-4-18(17)22;1-2-27-20(26)25-9-12-7-24(8-13(12)10-25)15-6-18(23)19(28-11-15)16-5-14(21)3-4-17(16)22;1-2-28(25,26)24-9-12-7-23(8-13(12)10-24)15-6-18(22)19(27-11-15)16-5-14(20)3-4-17(16)21;19-12-1-2-15(20)14(3-12)17-16(24)4-13(9-29-17)25-5-10-7-26(8-11(10)6-25)30(27,28)18(21,22)23/h3-5,12,16,19-20H,6-11,23H2,1-2H3;3-5,15,18-19H,2,6-11,23H2,1H3;3-5,15,18-19H,2,6-11,22H2,1H3;1-3,13,16-17H,4-9,24H2/t16-,19+,20-;2*15-,18+,19-;13-,16+,17-/m1111/s1. The predicted octanol–water partition coefficient (Wildman–Crippen LogP) is 7.29. The minimum atomic E-state index is -5.35. The summed E-state index contributed by atoms with van der Waals surface area (Å²) in [5, 5.41) is -0.427. The van der Waals surface area contributed by atoms with Crippen molar-refractivity contribution < 1.29 is 102 Å². The number of hydrogen-bond acceptors (Lipinski definition) is 20. The van der Waals surface area contributed by atoms with E-state index in [2.05, 4.69) is 14.7 Å². The number of halogens is 11. The van der Waals surface area contributed by atoms with E-state index in [-0.39, 0.29) is 78.0 Å². The third kappa shape index (κ3) is 18.8. The highest BCUT2D eigenvalue weighted by Crippen LogP contribution is 2.42. The quantitative estimate of drug-likeness (QED) is 0.0711. The molecule has 0 aliphatic carbocycles. The van der Waals surface area contributed by atoms with Gasteiger partial charge < -0.3 is 51.5 Å². The molecule has 4 aromatic rings. The van der Waals surface area contributed by atoms with Gasteiger partial charge in [-0.3, -0.25) is 19.6 Å². The first-order chi connectivity index (χ1) is 54.4. The number of carbonyl (C=O) groups is 1. The van der Waals surface area contributed by atoms with Gasteiger partial charge in [-0.05, 0) is 171 Å². The maximum absolute atomic E-state index is 14.1. The van der Waals surface area contributed by atoms with Crippen molar-refractivity contribution in [3.63, 3.8) is 0 Å². The van der Waals surface area contributed by atoms with Gasteiger partial charge in [-0.1, -0.05) is 0 Å². The molecule has 632 valence electrons. The third-order valence-electron chi connectivity index (χ3n) is 23.7. The Kier molecular flexibility index (Phi) is 26.4. The molecule has 0 radical (unpaired) electrons. The van der Waals surface area contributed by atoms with Gasteiger partial charge >= 0.3 is 21.6 Å². The van der Waals surface area contributed by atoms with Crippen LogP contribution in [0.25, 0.3) is 0 Å². The van der Waals surface area contributed by atoms with E-state index in [1.807, 2.05) is 4.90 Å². The molecule has 12 atom stereocenters.